The van der Waals surface area contributed by atoms with Crippen molar-refractivity contribution < 1.29 is 19.2 Å². The minimum Gasteiger partial charge on any atom is -0.478 e. The summed E-state index contributed by atoms with van der Waals surface area (Å²) in [6, 6.07) is 8.50. The van der Waals surface area contributed by atoms with Crippen LogP contribution < -0.4 is 0 Å². The van der Waals surface area contributed by atoms with Crippen LogP contribution in [0.1, 0.15) is 10.4 Å². The number of aromatic nitrogens is 1. The van der Waals surface area contributed by atoms with E-state index in [2.05, 4.69) is 4.98 Å². The summed E-state index contributed by atoms with van der Waals surface area (Å²) >= 11 is 5.88. The van der Waals surface area contributed by atoms with Gasteiger partial charge in [0.05, 0.1) is 17.1 Å². The maximum atomic E-state index is 11.4. The second kappa shape index (κ2) is 5.12. The Morgan fingerprint density at radius 3 is 2.68 bits per heavy atom. The third kappa shape index (κ3) is 2.38. The molecule has 2 heterocycles. The number of benzene rings is 1. The Morgan fingerprint density at radius 1 is 1.27 bits per heavy atom. The van der Waals surface area contributed by atoms with Crippen LogP contribution in [0, 0.1) is 10.1 Å². The van der Waals surface area contributed by atoms with Gasteiger partial charge in [0, 0.05) is 10.4 Å². The standard InChI is InChI=1S/C14H7ClN2O5/c15-7-1-2-10-8(5-7)9(14(18)19)6-11(16-10)12-3-4-13(22-12)17(20)21/h1-6H,(H,18,19). The summed E-state index contributed by atoms with van der Waals surface area (Å²) < 4.78 is 5.06. The van der Waals surface area contributed by atoms with Crippen LogP contribution in [-0.2, 0) is 0 Å². The summed E-state index contributed by atoms with van der Waals surface area (Å²) in [6.07, 6.45) is 0. The average molecular weight is 319 g/mol. The molecule has 1 aromatic carbocycles. The van der Waals surface area contributed by atoms with Crippen molar-refractivity contribution in [1.29, 1.82) is 0 Å². The molecule has 110 valence electrons. The Bertz CT molecular complexity index is 919. The highest BCUT2D eigenvalue weighted by Crippen LogP contribution is 2.29. The number of carbonyl (C=O) groups is 1. The molecule has 0 fully saturated rings. The molecule has 2 aromatic heterocycles. The van der Waals surface area contributed by atoms with Gasteiger partial charge in [-0.25, -0.2) is 9.78 Å². The predicted molar refractivity (Wildman–Crippen MR) is 78.1 cm³/mol. The molecule has 8 heteroatoms. The van der Waals surface area contributed by atoms with E-state index in [1.165, 1.54) is 24.3 Å². The second-order valence-electron chi connectivity index (χ2n) is 4.42. The highest BCUT2D eigenvalue weighted by molar-refractivity contribution is 6.31. The number of halogens is 1. The third-order valence-electron chi connectivity index (χ3n) is 3.03. The normalized spacial score (nSPS) is 10.8. The lowest BCUT2D eigenvalue weighted by molar-refractivity contribution is -0.401. The molecule has 0 spiro atoms. The van der Waals surface area contributed by atoms with Gasteiger partial charge in [0.25, 0.3) is 0 Å². The highest BCUT2D eigenvalue weighted by Gasteiger charge is 2.18. The molecule has 0 saturated carbocycles. The average Bonchev–Trinajstić information content (AvgIpc) is 2.96. The molecular weight excluding hydrogens is 312 g/mol. The van der Waals surface area contributed by atoms with Crippen molar-refractivity contribution >= 4 is 34.4 Å². The smallest absolute Gasteiger partial charge is 0.433 e. The fourth-order valence-corrected chi connectivity index (χ4v) is 2.24. The van der Waals surface area contributed by atoms with Gasteiger partial charge in [-0.2, -0.15) is 0 Å². The molecule has 0 atom stereocenters. The molecule has 0 aliphatic carbocycles. The molecule has 0 aliphatic heterocycles. The second-order valence-corrected chi connectivity index (χ2v) is 4.85. The Hall–Kier alpha value is -2.93. The van der Waals surface area contributed by atoms with Crippen molar-refractivity contribution in [2.24, 2.45) is 0 Å². The Balaban J connectivity index is 2.24. The van der Waals surface area contributed by atoms with E-state index >= 15 is 0 Å². The van der Waals surface area contributed by atoms with Crippen LogP contribution in [0.25, 0.3) is 22.4 Å². The number of pyridine rings is 1. The first-order valence-corrected chi connectivity index (χ1v) is 6.41. The SMILES string of the molecule is O=C(O)c1cc(-c2ccc([N+](=O)[O-])o2)nc2ccc(Cl)cc12. The predicted octanol–water partition coefficient (Wildman–Crippen LogP) is 3.75. The summed E-state index contributed by atoms with van der Waals surface area (Å²) in [6.45, 7) is 0. The summed E-state index contributed by atoms with van der Waals surface area (Å²) in [5.41, 5.74) is 0.584. The van der Waals surface area contributed by atoms with Crippen LogP contribution >= 0.6 is 11.6 Å². The topological polar surface area (TPSA) is 106 Å². The third-order valence-corrected chi connectivity index (χ3v) is 3.26. The van der Waals surface area contributed by atoms with E-state index in [4.69, 9.17) is 16.0 Å². The maximum absolute atomic E-state index is 11.4. The molecular formula is C14H7ClN2O5. The largest absolute Gasteiger partial charge is 0.478 e. The van der Waals surface area contributed by atoms with Crippen molar-refractivity contribution in [2.75, 3.05) is 0 Å². The zero-order valence-electron chi connectivity index (χ0n) is 10.8. The number of nitrogens with zero attached hydrogens (tertiary/aromatic N) is 2. The molecule has 0 bridgehead atoms. The molecule has 7 nitrogen and oxygen atoms in total. The minimum atomic E-state index is -1.16. The summed E-state index contributed by atoms with van der Waals surface area (Å²) in [5, 5.41) is 20.7. The van der Waals surface area contributed by atoms with Crippen molar-refractivity contribution in [1.82, 2.24) is 4.98 Å². The first kappa shape index (κ1) is 14.0. The van der Waals surface area contributed by atoms with Crippen LogP contribution in [0.2, 0.25) is 5.02 Å². The summed E-state index contributed by atoms with van der Waals surface area (Å²) in [4.78, 5) is 25.7. The molecule has 3 aromatic rings. The van der Waals surface area contributed by atoms with Crippen molar-refractivity contribution in [3.8, 4) is 11.5 Å². The van der Waals surface area contributed by atoms with E-state index in [9.17, 15) is 20.0 Å². The number of furan rings is 1. The van der Waals surface area contributed by atoms with Gasteiger partial charge in [-0.15, -0.1) is 0 Å². The van der Waals surface area contributed by atoms with Crippen LogP contribution in [0.15, 0.2) is 40.8 Å². The quantitative estimate of drug-likeness (QED) is 0.582. The molecule has 1 N–H and O–H groups in total. The van der Waals surface area contributed by atoms with Gasteiger partial charge in [-0.05, 0) is 30.3 Å². The van der Waals surface area contributed by atoms with Crippen molar-refractivity contribution in [2.45, 2.75) is 0 Å². The lowest BCUT2D eigenvalue weighted by Crippen LogP contribution is -2.00. The number of hydrogen-bond acceptors (Lipinski definition) is 5. The van der Waals surface area contributed by atoms with Gasteiger partial charge in [0.1, 0.15) is 10.6 Å². The number of rotatable bonds is 3. The van der Waals surface area contributed by atoms with Crippen LogP contribution in [0.5, 0.6) is 0 Å². The van der Waals surface area contributed by atoms with Gasteiger partial charge in [-0.3, -0.25) is 10.1 Å². The molecule has 0 amide bonds. The van der Waals surface area contributed by atoms with E-state index in [-0.39, 0.29) is 17.0 Å². The van der Waals surface area contributed by atoms with E-state index < -0.39 is 16.8 Å². The molecule has 0 aliphatic rings. The number of hydrogen-bond donors (Lipinski definition) is 1. The van der Waals surface area contributed by atoms with E-state index in [1.54, 1.807) is 12.1 Å². The van der Waals surface area contributed by atoms with Crippen molar-refractivity contribution in [3.05, 3.63) is 57.1 Å². The zero-order valence-corrected chi connectivity index (χ0v) is 11.6. The molecule has 3 rings (SSSR count). The molecule has 0 radical (unpaired) electrons. The van der Waals surface area contributed by atoms with Gasteiger partial charge < -0.3 is 9.52 Å². The summed E-state index contributed by atoms with van der Waals surface area (Å²) in [7, 11) is 0. The van der Waals surface area contributed by atoms with Crippen LogP contribution in [-0.4, -0.2) is 21.0 Å². The molecule has 0 saturated heterocycles. The number of carboxylic acid groups (broad SMARTS) is 1. The van der Waals surface area contributed by atoms with Crippen molar-refractivity contribution in [3.63, 3.8) is 0 Å². The van der Waals surface area contributed by atoms with Gasteiger partial charge in [0.15, 0.2) is 5.76 Å². The molecule has 22 heavy (non-hydrogen) atoms. The monoisotopic (exact) mass is 318 g/mol. The summed E-state index contributed by atoms with van der Waals surface area (Å²) in [5.74, 6) is -1.48. The number of fused-ring (bicyclic) bond motifs is 1. The lowest BCUT2D eigenvalue weighted by Gasteiger charge is -2.05. The number of nitro groups is 1. The number of carboxylic acids is 1. The first-order chi connectivity index (χ1) is 10.5. The van der Waals surface area contributed by atoms with Crippen LogP contribution in [0.4, 0.5) is 5.88 Å². The fraction of sp³-hybridized carbons (Fsp3) is 0. The van der Waals surface area contributed by atoms with E-state index in [0.717, 1.165) is 0 Å². The number of aromatic carboxylic acids is 1. The Kier molecular flexibility index (Phi) is 3.26. The van der Waals surface area contributed by atoms with E-state index in [0.29, 0.717) is 15.9 Å². The van der Waals surface area contributed by atoms with Crippen LogP contribution in [0.3, 0.4) is 0 Å². The highest BCUT2D eigenvalue weighted by atomic mass is 35.5. The van der Waals surface area contributed by atoms with Gasteiger partial charge in [0.2, 0.25) is 0 Å². The fourth-order valence-electron chi connectivity index (χ4n) is 2.06. The lowest BCUT2D eigenvalue weighted by atomic mass is 10.1. The van der Waals surface area contributed by atoms with Gasteiger partial charge in [-0.1, -0.05) is 11.6 Å². The zero-order chi connectivity index (χ0) is 15.9. The van der Waals surface area contributed by atoms with Gasteiger partial charge >= 0.3 is 11.9 Å². The molecule has 0 unspecified atom stereocenters. The Morgan fingerprint density at radius 2 is 2.05 bits per heavy atom. The maximum Gasteiger partial charge on any atom is 0.433 e. The minimum absolute atomic E-state index is 0.0125. The van der Waals surface area contributed by atoms with E-state index in [1.807, 2.05) is 0 Å². The first-order valence-electron chi connectivity index (χ1n) is 6.04. The Labute approximate surface area is 127 Å².